The van der Waals surface area contributed by atoms with Crippen LogP contribution in [0.3, 0.4) is 0 Å². The molecular formula is C14H22N2O2. The normalized spacial score (nSPS) is 22.4. The van der Waals surface area contributed by atoms with Crippen LogP contribution in [0.2, 0.25) is 0 Å². The molecule has 2 amide bonds. The standard InChI is InChI=1S/C14H22N2O2/c1-3-7-14(13(18)16-9-4-2)8-5-6-11(10-14)12(15)17/h5-6,8H,3-4,7,9-10H2,1-2H3,(H2,15,17)(H,16,18). The van der Waals surface area contributed by atoms with E-state index in [-0.39, 0.29) is 5.91 Å². The average molecular weight is 250 g/mol. The van der Waals surface area contributed by atoms with Crippen molar-refractivity contribution in [3.63, 3.8) is 0 Å². The van der Waals surface area contributed by atoms with Crippen LogP contribution >= 0.6 is 0 Å². The molecule has 1 aliphatic rings. The minimum atomic E-state index is -0.608. The molecule has 1 aliphatic carbocycles. The lowest BCUT2D eigenvalue weighted by Crippen LogP contribution is -2.42. The third kappa shape index (κ3) is 3.22. The second-order valence-corrected chi connectivity index (χ2v) is 4.75. The fourth-order valence-corrected chi connectivity index (χ4v) is 2.28. The van der Waals surface area contributed by atoms with Crippen LogP contribution in [-0.2, 0) is 9.59 Å². The Labute approximate surface area is 108 Å². The highest BCUT2D eigenvalue weighted by molar-refractivity contribution is 5.95. The SMILES string of the molecule is CCCNC(=O)C1(CCC)C=CC=C(C(N)=O)C1. The van der Waals surface area contributed by atoms with Crippen LogP contribution < -0.4 is 11.1 Å². The molecule has 1 unspecified atom stereocenters. The van der Waals surface area contributed by atoms with Crippen LogP contribution in [0, 0.1) is 5.41 Å². The van der Waals surface area contributed by atoms with Crippen molar-refractivity contribution in [3.8, 4) is 0 Å². The van der Waals surface area contributed by atoms with E-state index in [4.69, 9.17) is 5.73 Å². The lowest BCUT2D eigenvalue weighted by molar-refractivity contribution is -0.129. The number of carbonyl (C=O) groups is 2. The van der Waals surface area contributed by atoms with Gasteiger partial charge in [-0.15, -0.1) is 0 Å². The number of allylic oxidation sites excluding steroid dienone is 2. The Morgan fingerprint density at radius 3 is 2.67 bits per heavy atom. The summed E-state index contributed by atoms with van der Waals surface area (Å²) < 4.78 is 0. The molecule has 0 heterocycles. The molecule has 0 aromatic heterocycles. The third-order valence-electron chi connectivity index (χ3n) is 3.22. The van der Waals surface area contributed by atoms with Crippen molar-refractivity contribution in [3.05, 3.63) is 23.8 Å². The lowest BCUT2D eigenvalue weighted by Gasteiger charge is -2.31. The number of nitrogens with one attached hydrogen (secondary N) is 1. The van der Waals surface area contributed by atoms with E-state index in [1.54, 1.807) is 12.2 Å². The van der Waals surface area contributed by atoms with Crippen LogP contribution in [0.15, 0.2) is 23.8 Å². The third-order valence-corrected chi connectivity index (χ3v) is 3.22. The summed E-state index contributed by atoms with van der Waals surface area (Å²) in [5, 5.41) is 2.92. The molecular weight excluding hydrogens is 228 g/mol. The zero-order chi connectivity index (χ0) is 13.6. The van der Waals surface area contributed by atoms with E-state index in [9.17, 15) is 9.59 Å². The van der Waals surface area contributed by atoms with Gasteiger partial charge in [0.1, 0.15) is 0 Å². The highest BCUT2D eigenvalue weighted by atomic mass is 16.2. The van der Waals surface area contributed by atoms with Crippen molar-refractivity contribution in [2.24, 2.45) is 11.1 Å². The van der Waals surface area contributed by atoms with Crippen LogP contribution in [0.5, 0.6) is 0 Å². The second kappa shape index (κ2) is 6.38. The second-order valence-electron chi connectivity index (χ2n) is 4.75. The Bertz CT molecular complexity index is 385. The van der Waals surface area contributed by atoms with E-state index in [0.29, 0.717) is 18.5 Å². The molecule has 0 aromatic carbocycles. The molecule has 100 valence electrons. The summed E-state index contributed by atoms with van der Waals surface area (Å²) in [6.45, 7) is 4.71. The first-order chi connectivity index (χ1) is 8.55. The summed E-state index contributed by atoms with van der Waals surface area (Å²) >= 11 is 0. The van der Waals surface area contributed by atoms with Crippen molar-refractivity contribution in [1.29, 1.82) is 0 Å². The van der Waals surface area contributed by atoms with Crippen molar-refractivity contribution < 1.29 is 9.59 Å². The number of hydrogen-bond acceptors (Lipinski definition) is 2. The predicted molar refractivity (Wildman–Crippen MR) is 71.7 cm³/mol. The van der Waals surface area contributed by atoms with E-state index in [0.717, 1.165) is 19.3 Å². The van der Waals surface area contributed by atoms with Crippen molar-refractivity contribution >= 4 is 11.8 Å². The zero-order valence-corrected chi connectivity index (χ0v) is 11.2. The number of amides is 2. The number of rotatable bonds is 6. The zero-order valence-electron chi connectivity index (χ0n) is 11.2. The van der Waals surface area contributed by atoms with E-state index in [1.807, 2.05) is 19.9 Å². The highest BCUT2D eigenvalue weighted by Crippen LogP contribution is 2.36. The minimum Gasteiger partial charge on any atom is -0.366 e. The van der Waals surface area contributed by atoms with Crippen LogP contribution in [0.25, 0.3) is 0 Å². The smallest absolute Gasteiger partial charge is 0.244 e. The molecule has 0 aromatic rings. The Morgan fingerprint density at radius 1 is 1.39 bits per heavy atom. The number of primary amides is 1. The molecule has 3 N–H and O–H groups in total. The van der Waals surface area contributed by atoms with Gasteiger partial charge in [-0.25, -0.2) is 0 Å². The summed E-state index contributed by atoms with van der Waals surface area (Å²) in [6, 6.07) is 0. The first-order valence-electron chi connectivity index (χ1n) is 6.52. The number of carbonyl (C=O) groups excluding carboxylic acids is 2. The Hall–Kier alpha value is -1.58. The first-order valence-corrected chi connectivity index (χ1v) is 6.52. The summed E-state index contributed by atoms with van der Waals surface area (Å²) in [5.74, 6) is -0.447. The summed E-state index contributed by atoms with van der Waals surface area (Å²) in [7, 11) is 0. The van der Waals surface area contributed by atoms with E-state index >= 15 is 0 Å². The van der Waals surface area contributed by atoms with Gasteiger partial charge in [-0.1, -0.05) is 38.5 Å². The monoisotopic (exact) mass is 250 g/mol. The van der Waals surface area contributed by atoms with Gasteiger partial charge in [0, 0.05) is 12.1 Å². The maximum Gasteiger partial charge on any atom is 0.244 e. The van der Waals surface area contributed by atoms with Crippen LogP contribution in [-0.4, -0.2) is 18.4 Å². The molecule has 1 rings (SSSR count). The largest absolute Gasteiger partial charge is 0.366 e. The van der Waals surface area contributed by atoms with Crippen LogP contribution in [0.4, 0.5) is 0 Å². The van der Waals surface area contributed by atoms with Gasteiger partial charge in [-0.3, -0.25) is 9.59 Å². The van der Waals surface area contributed by atoms with Gasteiger partial charge < -0.3 is 11.1 Å². The topological polar surface area (TPSA) is 72.2 Å². The highest BCUT2D eigenvalue weighted by Gasteiger charge is 2.37. The maximum absolute atomic E-state index is 12.3. The van der Waals surface area contributed by atoms with Gasteiger partial charge in [-0.05, 0) is 19.3 Å². The molecule has 0 saturated heterocycles. The van der Waals surface area contributed by atoms with Gasteiger partial charge in [0.15, 0.2) is 0 Å². The van der Waals surface area contributed by atoms with Gasteiger partial charge in [-0.2, -0.15) is 0 Å². The lowest BCUT2D eigenvalue weighted by atomic mass is 9.74. The van der Waals surface area contributed by atoms with Crippen molar-refractivity contribution in [1.82, 2.24) is 5.32 Å². The summed E-state index contributed by atoms with van der Waals surface area (Å²) in [6.07, 6.45) is 8.28. The van der Waals surface area contributed by atoms with Gasteiger partial charge >= 0.3 is 0 Å². The molecule has 0 bridgehead atoms. The Balaban J connectivity index is 2.89. The van der Waals surface area contributed by atoms with E-state index < -0.39 is 11.3 Å². The maximum atomic E-state index is 12.3. The number of nitrogens with two attached hydrogens (primary N) is 1. The Kier molecular flexibility index (Phi) is 5.13. The molecule has 0 fully saturated rings. The van der Waals surface area contributed by atoms with E-state index in [1.165, 1.54) is 0 Å². The average Bonchev–Trinajstić information content (AvgIpc) is 2.36. The molecule has 0 saturated carbocycles. The summed E-state index contributed by atoms with van der Waals surface area (Å²) in [5.41, 5.74) is 5.23. The number of hydrogen-bond donors (Lipinski definition) is 2. The minimum absolute atomic E-state index is 0.00528. The fraction of sp³-hybridized carbons (Fsp3) is 0.571. The molecule has 0 radical (unpaired) electrons. The first kappa shape index (κ1) is 14.5. The molecule has 0 aliphatic heterocycles. The Morgan fingerprint density at radius 2 is 2.11 bits per heavy atom. The molecule has 4 heteroatoms. The van der Waals surface area contributed by atoms with Gasteiger partial charge in [0.05, 0.1) is 5.41 Å². The van der Waals surface area contributed by atoms with E-state index in [2.05, 4.69) is 5.32 Å². The summed E-state index contributed by atoms with van der Waals surface area (Å²) in [4.78, 5) is 23.6. The fourth-order valence-electron chi connectivity index (χ4n) is 2.28. The predicted octanol–water partition coefficient (Wildman–Crippen LogP) is 1.67. The van der Waals surface area contributed by atoms with Crippen molar-refractivity contribution in [2.45, 2.75) is 39.5 Å². The molecule has 0 spiro atoms. The molecule has 1 atom stereocenters. The molecule has 18 heavy (non-hydrogen) atoms. The van der Waals surface area contributed by atoms with Gasteiger partial charge in [0.2, 0.25) is 11.8 Å². The van der Waals surface area contributed by atoms with Crippen molar-refractivity contribution in [2.75, 3.05) is 6.54 Å². The molecule has 4 nitrogen and oxygen atoms in total. The quantitative estimate of drug-likeness (QED) is 0.752. The van der Waals surface area contributed by atoms with Gasteiger partial charge in [0.25, 0.3) is 0 Å². The van der Waals surface area contributed by atoms with Crippen LogP contribution in [0.1, 0.15) is 39.5 Å².